The number of phenolic OH excluding ortho intramolecular Hbond substituents is 1. The van der Waals surface area contributed by atoms with Crippen LogP contribution in [0.5, 0.6) is 5.75 Å². The summed E-state index contributed by atoms with van der Waals surface area (Å²) in [6.45, 7) is 7.63. The lowest BCUT2D eigenvalue weighted by molar-refractivity contribution is -0.152. The largest absolute Gasteiger partial charge is 0.508 e. The number of phenols is 1. The fourth-order valence-electron chi connectivity index (χ4n) is 2.45. The molecule has 0 saturated carbocycles. The van der Waals surface area contributed by atoms with Crippen molar-refractivity contribution in [2.24, 2.45) is 5.92 Å². The minimum atomic E-state index is -4.33. The molecule has 29 heavy (non-hydrogen) atoms. The van der Waals surface area contributed by atoms with Gasteiger partial charge in [0, 0.05) is 13.0 Å². The zero-order valence-corrected chi connectivity index (χ0v) is 17.2. The van der Waals surface area contributed by atoms with Gasteiger partial charge in [-0.3, -0.25) is 4.79 Å². The Bertz CT molecular complexity index is 607. The van der Waals surface area contributed by atoms with Crippen molar-refractivity contribution in [3.8, 4) is 5.75 Å². The van der Waals surface area contributed by atoms with Crippen LogP contribution in [0.1, 0.15) is 32.8 Å². The van der Waals surface area contributed by atoms with Gasteiger partial charge in [0.2, 0.25) is 0 Å². The molecule has 6 nitrogen and oxygen atoms in total. The van der Waals surface area contributed by atoms with E-state index in [-0.39, 0.29) is 23.9 Å². The number of esters is 1. The predicted octanol–water partition coefficient (Wildman–Crippen LogP) is 3.38. The molecule has 1 aromatic rings. The summed E-state index contributed by atoms with van der Waals surface area (Å²) in [6, 6.07) is 3.27. The maximum Gasteiger partial charge on any atom is 0.416 e. The van der Waals surface area contributed by atoms with Crippen LogP contribution in [-0.4, -0.2) is 56.2 Å². The third-order valence-corrected chi connectivity index (χ3v) is 3.99. The molecule has 1 saturated heterocycles. The molecule has 166 valence electrons. The Hall–Kier alpha value is -1.84. The van der Waals surface area contributed by atoms with Crippen LogP contribution in [0.3, 0.4) is 0 Å². The minimum absolute atomic E-state index is 0.00851. The molecule has 0 spiro atoms. The van der Waals surface area contributed by atoms with Gasteiger partial charge >= 0.3 is 12.1 Å². The first kappa shape index (κ1) is 25.2. The first-order valence-electron chi connectivity index (χ1n) is 9.46. The highest BCUT2D eigenvalue weighted by Crippen LogP contribution is 2.29. The monoisotopic (exact) mass is 421 g/mol. The molecule has 1 aliphatic heterocycles. The van der Waals surface area contributed by atoms with E-state index in [1.807, 2.05) is 6.92 Å². The summed E-state index contributed by atoms with van der Waals surface area (Å²) in [5.74, 6) is 0.0630. The van der Waals surface area contributed by atoms with Gasteiger partial charge in [-0.1, -0.05) is 13.8 Å². The fraction of sp³-hybridized carbons (Fsp3) is 0.650. The Balaban J connectivity index is 0.000000326. The van der Waals surface area contributed by atoms with Crippen LogP contribution in [0.2, 0.25) is 0 Å². The Labute approximate surface area is 169 Å². The van der Waals surface area contributed by atoms with Crippen molar-refractivity contribution in [2.45, 2.75) is 51.6 Å². The number of ether oxygens (including phenoxy) is 3. The maximum absolute atomic E-state index is 11.8. The lowest BCUT2D eigenvalue weighted by atomic mass is 10.2. The number of hydrogen-bond donors (Lipinski definition) is 2. The van der Waals surface area contributed by atoms with Gasteiger partial charge < -0.3 is 24.6 Å². The molecule has 2 N–H and O–H groups in total. The van der Waals surface area contributed by atoms with Crippen molar-refractivity contribution in [1.82, 2.24) is 5.32 Å². The maximum atomic E-state index is 11.8. The molecular weight excluding hydrogens is 391 g/mol. The number of carbonyl (C=O) groups is 1. The van der Waals surface area contributed by atoms with Gasteiger partial charge in [-0.15, -0.1) is 0 Å². The minimum Gasteiger partial charge on any atom is -0.508 e. The van der Waals surface area contributed by atoms with Crippen LogP contribution in [0.25, 0.3) is 0 Å². The van der Waals surface area contributed by atoms with Crippen molar-refractivity contribution in [3.05, 3.63) is 29.8 Å². The number of alkyl halides is 3. The van der Waals surface area contributed by atoms with E-state index >= 15 is 0 Å². The van der Waals surface area contributed by atoms with Crippen molar-refractivity contribution >= 4 is 5.97 Å². The molecule has 1 aliphatic rings. The number of nitrogens with one attached hydrogen (secondary N) is 1. The summed E-state index contributed by atoms with van der Waals surface area (Å²) in [6.07, 6.45) is -3.80. The first-order valence-corrected chi connectivity index (χ1v) is 9.46. The second-order valence-corrected chi connectivity index (χ2v) is 7.26. The molecule has 0 bridgehead atoms. The van der Waals surface area contributed by atoms with Crippen molar-refractivity contribution in [1.29, 1.82) is 0 Å². The smallest absolute Gasteiger partial charge is 0.416 e. The van der Waals surface area contributed by atoms with Gasteiger partial charge in [-0.05, 0) is 44.2 Å². The summed E-state index contributed by atoms with van der Waals surface area (Å²) in [5, 5.41) is 11.5. The molecule has 3 atom stereocenters. The third kappa shape index (κ3) is 9.96. The molecule has 9 heteroatoms. The topological polar surface area (TPSA) is 77.0 Å². The van der Waals surface area contributed by atoms with Gasteiger partial charge in [0.1, 0.15) is 17.9 Å². The Morgan fingerprint density at radius 3 is 2.38 bits per heavy atom. The lowest BCUT2D eigenvalue weighted by Gasteiger charge is -2.21. The van der Waals surface area contributed by atoms with E-state index in [1.54, 1.807) is 7.05 Å². The zero-order chi connectivity index (χ0) is 22.0. The number of carbonyl (C=O) groups excluding carboxylic acids is 1. The Kier molecular flexibility index (Phi) is 10.4. The summed E-state index contributed by atoms with van der Waals surface area (Å²) >= 11 is 0. The molecule has 1 aromatic carbocycles. The number of benzene rings is 1. The standard InChI is InChI=1S/C13H25NO4.C7H5F3O/c1-9(2)6-17-11-5-10(3)18-13(15)12(14-4)8-16-7-11;8-7(9,10)5-1-3-6(11)4-2-5/h9-12,14H,5-8H2,1-4H3;1-4,11H/t10?,11?,12-;/m0./s1. The number of halogens is 3. The average molecular weight is 421 g/mol. The van der Waals surface area contributed by atoms with E-state index in [9.17, 15) is 18.0 Å². The third-order valence-electron chi connectivity index (χ3n) is 3.99. The van der Waals surface area contributed by atoms with Crippen LogP contribution in [-0.2, 0) is 25.2 Å². The van der Waals surface area contributed by atoms with Crippen LogP contribution < -0.4 is 5.32 Å². The summed E-state index contributed by atoms with van der Waals surface area (Å²) in [4.78, 5) is 11.7. The van der Waals surface area contributed by atoms with Gasteiger partial charge in [0.25, 0.3) is 0 Å². The SMILES string of the molecule is CN[C@H]1COCC(OCC(C)C)CC(C)OC1=O.Oc1ccc(C(F)(F)F)cc1. The summed E-state index contributed by atoms with van der Waals surface area (Å²) < 4.78 is 52.2. The molecule has 1 fully saturated rings. The molecule has 1 heterocycles. The van der Waals surface area contributed by atoms with E-state index in [0.29, 0.717) is 32.2 Å². The van der Waals surface area contributed by atoms with Crippen molar-refractivity contribution in [2.75, 3.05) is 26.9 Å². The highest BCUT2D eigenvalue weighted by molar-refractivity contribution is 5.76. The molecule has 0 radical (unpaired) electrons. The molecule has 2 rings (SSSR count). The van der Waals surface area contributed by atoms with E-state index in [1.165, 1.54) is 0 Å². The number of hydrogen-bond acceptors (Lipinski definition) is 6. The molecule has 2 unspecified atom stereocenters. The van der Waals surface area contributed by atoms with Crippen LogP contribution in [0.4, 0.5) is 13.2 Å². The Morgan fingerprint density at radius 2 is 1.86 bits per heavy atom. The quantitative estimate of drug-likeness (QED) is 0.726. The highest BCUT2D eigenvalue weighted by atomic mass is 19.4. The van der Waals surface area contributed by atoms with E-state index < -0.39 is 17.8 Å². The molecule has 0 aromatic heterocycles. The van der Waals surface area contributed by atoms with E-state index in [2.05, 4.69) is 19.2 Å². The first-order chi connectivity index (χ1) is 13.5. The van der Waals surface area contributed by atoms with Crippen molar-refractivity contribution in [3.63, 3.8) is 0 Å². The number of cyclic esters (lactones) is 1. The summed E-state index contributed by atoms with van der Waals surface area (Å²) in [7, 11) is 1.73. The van der Waals surface area contributed by atoms with Crippen LogP contribution in [0, 0.1) is 5.92 Å². The van der Waals surface area contributed by atoms with Gasteiger partial charge in [-0.2, -0.15) is 13.2 Å². The van der Waals surface area contributed by atoms with Gasteiger partial charge in [0.15, 0.2) is 0 Å². The van der Waals surface area contributed by atoms with Crippen molar-refractivity contribution < 1.29 is 37.3 Å². The van der Waals surface area contributed by atoms with Crippen LogP contribution in [0.15, 0.2) is 24.3 Å². The second-order valence-electron chi connectivity index (χ2n) is 7.26. The molecule has 0 aliphatic carbocycles. The normalized spacial score (nSPS) is 23.3. The predicted molar refractivity (Wildman–Crippen MR) is 102 cm³/mol. The van der Waals surface area contributed by atoms with Gasteiger partial charge in [0.05, 0.1) is 24.9 Å². The Morgan fingerprint density at radius 1 is 1.24 bits per heavy atom. The summed E-state index contributed by atoms with van der Waals surface area (Å²) in [5.41, 5.74) is -0.754. The average Bonchev–Trinajstić information content (AvgIpc) is 2.68. The molecular formula is C20H30F3NO5. The number of likely N-dealkylation sites (N-methyl/N-ethyl adjacent to an activating group) is 1. The van der Waals surface area contributed by atoms with Gasteiger partial charge in [-0.25, -0.2) is 0 Å². The lowest BCUT2D eigenvalue weighted by Crippen LogP contribution is -2.40. The van der Waals surface area contributed by atoms with Crippen LogP contribution >= 0.6 is 0 Å². The van der Waals surface area contributed by atoms with E-state index in [0.717, 1.165) is 24.3 Å². The molecule has 0 amide bonds. The second kappa shape index (κ2) is 12.0. The highest BCUT2D eigenvalue weighted by Gasteiger charge is 2.30. The number of aromatic hydroxyl groups is 1. The fourth-order valence-corrected chi connectivity index (χ4v) is 2.45. The zero-order valence-electron chi connectivity index (χ0n) is 17.2. The van der Waals surface area contributed by atoms with E-state index in [4.69, 9.17) is 19.3 Å². The number of rotatable bonds is 4.